The molecule has 0 N–H and O–H groups in total. The van der Waals surface area contributed by atoms with Crippen molar-refractivity contribution >= 4 is 39.1 Å². The highest BCUT2D eigenvalue weighted by Gasteiger charge is 2.36. The van der Waals surface area contributed by atoms with Crippen molar-refractivity contribution in [2.45, 2.75) is 30.6 Å². The number of hydrogen-bond donors (Lipinski definition) is 0. The SMILES string of the molecule is CS[C@H]1CN(c2nc(-c3cccnc3)nc3sc4c(c23)CCC4)C[C@@H]1N(C)C. The Labute approximate surface area is 174 Å². The van der Waals surface area contributed by atoms with Crippen LogP contribution in [-0.2, 0) is 12.8 Å². The molecule has 0 bridgehead atoms. The molecule has 0 unspecified atom stereocenters. The first-order valence-corrected chi connectivity index (χ1v) is 11.9. The number of aryl methyl sites for hydroxylation is 2. The highest BCUT2D eigenvalue weighted by atomic mass is 32.2. The van der Waals surface area contributed by atoms with Crippen molar-refractivity contribution < 1.29 is 0 Å². The lowest BCUT2D eigenvalue weighted by Gasteiger charge is -2.23. The molecule has 2 aliphatic rings. The molecule has 3 aromatic heterocycles. The Morgan fingerprint density at radius 3 is 2.82 bits per heavy atom. The number of rotatable bonds is 4. The number of nitrogens with zero attached hydrogens (tertiary/aromatic N) is 5. The molecule has 0 aromatic carbocycles. The van der Waals surface area contributed by atoms with Gasteiger partial charge in [0.05, 0.1) is 5.39 Å². The van der Waals surface area contributed by atoms with Crippen LogP contribution in [0.5, 0.6) is 0 Å². The molecule has 0 radical (unpaired) electrons. The standard InChI is InChI=1S/C21H25N5S2/c1-25(2)15-11-26(12-17(15)27-3)20-18-14-7-4-8-16(14)28-21(18)24-19(23-20)13-6-5-9-22-10-13/h5-6,9-10,15,17H,4,7-8,11-12H2,1-3H3/t15-,17-/m0/s1. The monoisotopic (exact) mass is 411 g/mol. The van der Waals surface area contributed by atoms with E-state index < -0.39 is 0 Å². The Balaban J connectivity index is 1.66. The largest absolute Gasteiger partial charge is 0.353 e. The summed E-state index contributed by atoms with van der Waals surface area (Å²) in [5.74, 6) is 1.93. The zero-order chi connectivity index (χ0) is 19.3. The fourth-order valence-electron chi connectivity index (χ4n) is 4.49. The van der Waals surface area contributed by atoms with Gasteiger partial charge in [0, 0.05) is 47.2 Å². The van der Waals surface area contributed by atoms with Gasteiger partial charge in [-0.1, -0.05) is 0 Å². The van der Waals surface area contributed by atoms with Crippen LogP contribution in [0.1, 0.15) is 16.9 Å². The zero-order valence-corrected chi connectivity index (χ0v) is 18.2. The Morgan fingerprint density at radius 1 is 1.21 bits per heavy atom. The van der Waals surface area contributed by atoms with Crippen LogP contribution < -0.4 is 4.90 Å². The molecule has 0 amide bonds. The predicted octanol–water partition coefficient (Wildman–Crippen LogP) is 3.72. The van der Waals surface area contributed by atoms with Crippen molar-refractivity contribution in [2.75, 3.05) is 38.3 Å². The first-order valence-electron chi connectivity index (χ1n) is 9.82. The summed E-state index contributed by atoms with van der Waals surface area (Å²) in [4.78, 5) is 21.9. The number of hydrogen-bond acceptors (Lipinski definition) is 7. The van der Waals surface area contributed by atoms with E-state index in [-0.39, 0.29) is 0 Å². The second-order valence-corrected chi connectivity index (χ2v) is 10.0. The molecule has 2 atom stereocenters. The lowest BCUT2D eigenvalue weighted by Crippen LogP contribution is -2.36. The molecule has 1 aliphatic heterocycles. The molecule has 28 heavy (non-hydrogen) atoms. The Kier molecular flexibility index (Phi) is 4.77. The lowest BCUT2D eigenvalue weighted by atomic mass is 10.1. The average molecular weight is 412 g/mol. The third kappa shape index (κ3) is 3.00. The number of fused-ring (bicyclic) bond motifs is 3. The van der Waals surface area contributed by atoms with Crippen LogP contribution in [0.25, 0.3) is 21.6 Å². The molecule has 5 rings (SSSR count). The number of thioether (sulfide) groups is 1. The van der Waals surface area contributed by atoms with Gasteiger partial charge in [0.15, 0.2) is 5.82 Å². The zero-order valence-electron chi connectivity index (χ0n) is 16.6. The van der Waals surface area contributed by atoms with Gasteiger partial charge in [-0.05, 0) is 57.3 Å². The smallest absolute Gasteiger partial charge is 0.164 e. The molecule has 7 heteroatoms. The van der Waals surface area contributed by atoms with Crippen LogP contribution in [0, 0.1) is 0 Å². The van der Waals surface area contributed by atoms with E-state index in [4.69, 9.17) is 9.97 Å². The molecule has 5 nitrogen and oxygen atoms in total. The normalized spacial score (nSPS) is 21.8. The highest BCUT2D eigenvalue weighted by Crippen LogP contribution is 2.42. The van der Waals surface area contributed by atoms with Crippen LogP contribution >= 0.6 is 23.1 Å². The van der Waals surface area contributed by atoms with E-state index in [0.717, 1.165) is 41.5 Å². The molecule has 0 saturated carbocycles. The molecule has 1 aliphatic carbocycles. The fraction of sp³-hybridized carbons (Fsp3) is 0.476. The Hall–Kier alpha value is -1.70. The summed E-state index contributed by atoms with van der Waals surface area (Å²) in [5, 5.41) is 1.90. The second kappa shape index (κ2) is 7.28. The molecule has 1 saturated heterocycles. The number of thiophene rings is 1. The van der Waals surface area contributed by atoms with Crippen LogP contribution in [0.15, 0.2) is 24.5 Å². The van der Waals surface area contributed by atoms with Crippen molar-refractivity contribution in [3.05, 3.63) is 35.0 Å². The number of pyridine rings is 1. The summed E-state index contributed by atoms with van der Waals surface area (Å²) >= 11 is 3.83. The summed E-state index contributed by atoms with van der Waals surface area (Å²) in [6, 6.07) is 4.54. The predicted molar refractivity (Wildman–Crippen MR) is 120 cm³/mol. The third-order valence-corrected chi connectivity index (χ3v) is 8.22. The first-order chi connectivity index (χ1) is 13.7. The second-order valence-electron chi connectivity index (χ2n) is 7.86. The van der Waals surface area contributed by atoms with Crippen LogP contribution in [0.4, 0.5) is 5.82 Å². The molecule has 146 valence electrons. The molecular weight excluding hydrogens is 386 g/mol. The van der Waals surface area contributed by atoms with Gasteiger partial charge in [0.25, 0.3) is 0 Å². The average Bonchev–Trinajstić information content (AvgIpc) is 3.41. The van der Waals surface area contributed by atoms with Crippen LogP contribution in [0.3, 0.4) is 0 Å². The van der Waals surface area contributed by atoms with Gasteiger partial charge in [0.2, 0.25) is 0 Å². The van der Waals surface area contributed by atoms with Gasteiger partial charge in [-0.25, -0.2) is 9.97 Å². The maximum Gasteiger partial charge on any atom is 0.164 e. The number of aromatic nitrogens is 3. The number of likely N-dealkylation sites (N-methyl/N-ethyl adjacent to an activating group) is 1. The summed E-state index contributed by atoms with van der Waals surface area (Å²) in [6.07, 6.45) is 9.50. The lowest BCUT2D eigenvalue weighted by molar-refractivity contribution is 0.320. The van der Waals surface area contributed by atoms with Crippen molar-refractivity contribution in [2.24, 2.45) is 0 Å². The summed E-state index contributed by atoms with van der Waals surface area (Å²) < 4.78 is 0. The Morgan fingerprint density at radius 2 is 2.11 bits per heavy atom. The Bertz CT molecular complexity index is 1000. The molecular formula is C21H25N5S2. The minimum atomic E-state index is 0.536. The molecule has 1 fully saturated rings. The summed E-state index contributed by atoms with van der Waals surface area (Å²) in [5.41, 5.74) is 2.49. The number of anilines is 1. The van der Waals surface area contributed by atoms with E-state index >= 15 is 0 Å². The van der Waals surface area contributed by atoms with E-state index in [1.807, 2.05) is 35.4 Å². The van der Waals surface area contributed by atoms with Crippen LogP contribution in [0.2, 0.25) is 0 Å². The van der Waals surface area contributed by atoms with E-state index in [9.17, 15) is 0 Å². The van der Waals surface area contributed by atoms with Gasteiger partial charge in [0.1, 0.15) is 10.6 Å². The van der Waals surface area contributed by atoms with Crippen LogP contribution in [-0.4, -0.2) is 64.6 Å². The summed E-state index contributed by atoms with van der Waals surface area (Å²) in [7, 11) is 4.38. The maximum atomic E-state index is 5.12. The van der Waals surface area contributed by atoms with Gasteiger partial charge >= 0.3 is 0 Å². The first kappa shape index (κ1) is 18.3. The highest BCUT2D eigenvalue weighted by molar-refractivity contribution is 7.99. The van der Waals surface area contributed by atoms with Crippen molar-refractivity contribution in [1.82, 2.24) is 19.9 Å². The van der Waals surface area contributed by atoms with E-state index in [1.54, 1.807) is 6.20 Å². The molecule has 0 spiro atoms. The van der Waals surface area contributed by atoms with Gasteiger partial charge in [-0.2, -0.15) is 11.8 Å². The topological polar surface area (TPSA) is 45.2 Å². The van der Waals surface area contributed by atoms with Crippen molar-refractivity contribution in [1.29, 1.82) is 0 Å². The van der Waals surface area contributed by atoms with E-state index in [0.29, 0.717) is 11.3 Å². The fourth-order valence-corrected chi connectivity index (χ4v) is 6.72. The minimum Gasteiger partial charge on any atom is -0.353 e. The van der Waals surface area contributed by atoms with E-state index in [2.05, 4.69) is 41.2 Å². The summed E-state index contributed by atoms with van der Waals surface area (Å²) in [6.45, 7) is 2.05. The molecule has 4 heterocycles. The molecule has 3 aromatic rings. The van der Waals surface area contributed by atoms with Crippen molar-refractivity contribution in [3.8, 4) is 11.4 Å². The minimum absolute atomic E-state index is 0.536. The quantitative estimate of drug-likeness (QED) is 0.652. The van der Waals surface area contributed by atoms with E-state index in [1.165, 1.54) is 28.7 Å². The van der Waals surface area contributed by atoms with Gasteiger partial charge in [-0.3, -0.25) is 4.98 Å². The third-order valence-electron chi connectivity index (χ3n) is 5.97. The van der Waals surface area contributed by atoms with Gasteiger partial charge < -0.3 is 9.80 Å². The maximum absolute atomic E-state index is 5.12. The van der Waals surface area contributed by atoms with Gasteiger partial charge in [-0.15, -0.1) is 11.3 Å². The van der Waals surface area contributed by atoms with Crippen molar-refractivity contribution in [3.63, 3.8) is 0 Å².